The van der Waals surface area contributed by atoms with Crippen LogP contribution in [0.1, 0.15) is 31.2 Å². The number of hydrogen-bond acceptors (Lipinski definition) is 3. The van der Waals surface area contributed by atoms with Crippen LogP contribution in [-0.2, 0) is 11.2 Å². The molecule has 0 atom stereocenters. The lowest BCUT2D eigenvalue weighted by molar-refractivity contribution is -0.133. The molecule has 1 saturated heterocycles. The molecule has 0 spiro atoms. The zero-order chi connectivity index (χ0) is 20.1. The van der Waals surface area contributed by atoms with Gasteiger partial charge in [0, 0.05) is 25.5 Å². The van der Waals surface area contributed by atoms with Crippen LogP contribution >= 0.6 is 0 Å². The Kier molecular flexibility index (Phi) is 6.10. The minimum atomic E-state index is -0.337. The van der Waals surface area contributed by atoms with E-state index in [1.165, 1.54) is 24.9 Å². The Bertz CT molecular complexity index is 836. The fourth-order valence-corrected chi connectivity index (χ4v) is 4.45. The molecule has 1 aliphatic heterocycles. The van der Waals surface area contributed by atoms with E-state index in [2.05, 4.69) is 52.1 Å². The summed E-state index contributed by atoms with van der Waals surface area (Å²) in [7, 11) is 0. The molecular formula is C25H31N3O. The molecule has 0 unspecified atom stereocenters. The molecule has 4 rings (SSSR count). The molecule has 4 nitrogen and oxygen atoms in total. The van der Waals surface area contributed by atoms with Crippen LogP contribution < -0.4 is 5.32 Å². The summed E-state index contributed by atoms with van der Waals surface area (Å²) in [6, 6.07) is 12.6. The monoisotopic (exact) mass is 389 g/mol. The Hall–Kier alpha value is -2.46. The van der Waals surface area contributed by atoms with Gasteiger partial charge in [0.1, 0.15) is 0 Å². The summed E-state index contributed by atoms with van der Waals surface area (Å²) in [5.41, 5.74) is 3.15. The molecule has 2 aliphatic rings. The molecule has 0 bridgehead atoms. The zero-order valence-corrected chi connectivity index (χ0v) is 17.1. The van der Waals surface area contributed by atoms with Crippen molar-refractivity contribution in [2.75, 3.05) is 26.2 Å². The quantitative estimate of drug-likeness (QED) is 0.692. The van der Waals surface area contributed by atoms with Crippen LogP contribution in [0.15, 0.2) is 61.4 Å². The van der Waals surface area contributed by atoms with Crippen molar-refractivity contribution < 1.29 is 4.79 Å². The summed E-state index contributed by atoms with van der Waals surface area (Å²) in [6.45, 7) is 7.52. The molecule has 1 N–H and O–H groups in total. The average Bonchev–Trinajstić information content (AvgIpc) is 3.58. The van der Waals surface area contributed by atoms with Crippen molar-refractivity contribution in [3.63, 3.8) is 0 Å². The van der Waals surface area contributed by atoms with Gasteiger partial charge in [-0.15, -0.1) is 6.58 Å². The Morgan fingerprint density at radius 3 is 2.69 bits per heavy atom. The first-order valence-electron chi connectivity index (χ1n) is 10.8. The van der Waals surface area contributed by atoms with Gasteiger partial charge >= 0.3 is 0 Å². The fraction of sp³-hybridized carbons (Fsp3) is 0.440. The molecule has 2 heterocycles. The summed E-state index contributed by atoms with van der Waals surface area (Å²) in [5, 5.41) is 3.09. The van der Waals surface area contributed by atoms with E-state index in [1.807, 2.05) is 12.3 Å². The largest absolute Gasteiger partial charge is 0.352 e. The Balaban J connectivity index is 1.52. The smallest absolute Gasteiger partial charge is 0.226 e. The maximum Gasteiger partial charge on any atom is 0.226 e. The maximum atomic E-state index is 13.2. The van der Waals surface area contributed by atoms with Gasteiger partial charge in [0.05, 0.1) is 5.41 Å². The van der Waals surface area contributed by atoms with E-state index in [1.54, 1.807) is 12.3 Å². The van der Waals surface area contributed by atoms with Crippen molar-refractivity contribution >= 4 is 5.91 Å². The summed E-state index contributed by atoms with van der Waals surface area (Å²) in [4.78, 5) is 20.0. The number of carbonyl (C=O) groups is 1. The van der Waals surface area contributed by atoms with Gasteiger partial charge in [-0.05, 0) is 73.9 Å². The van der Waals surface area contributed by atoms with Crippen LogP contribution in [0.2, 0.25) is 0 Å². The summed E-state index contributed by atoms with van der Waals surface area (Å²) >= 11 is 0. The van der Waals surface area contributed by atoms with Crippen molar-refractivity contribution in [1.82, 2.24) is 15.2 Å². The first-order valence-corrected chi connectivity index (χ1v) is 10.8. The summed E-state index contributed by atoms with van der Waals surface area (Å²) in [5.74, 6) is 1.07. The normalized spacial score (nSPS) is 18.9. The minimum absolute atomic E-state index is 0.176. The lowest BCUT2D eigenvalue weighted by Crippen LogP contribution is -2.50. The Labute approximate surface area is 174 Å². The number of nitrogens with one attached hydrogen (secondary N) is 1. The van der Waals surface area contributed by atoms with Crippen molar-refractivity contribution in [3.05, 3.63) is 67.0 Å². The Morgan fingerprint density at radius 1 is 1.21 bits per heavy atom. The van der Waals surface area contributed by atoms with Crippen LogP contribution in [0, 0.1) is 11.3 Å². The van der Waals surface area contributed by atoms with Gasteiger partial charge in [0.25, 0.3) is 0 Å². The first-order chi connectivity index (χ1) is 14.2. The average molecular weight is 390 g/mol. The van der Waals surface area contributed by atoms with Gasteiger partial charge in [0.2, 0.25) is 5.91 Å². The number of hydrogen-bond donors (Lipinski definition) is 1. The maximum absolute atomic E-state index is 13.2. The highest BCUT2D eigenvalue weighted by Gasteiger charge is 2.41. The van der Waals surface area contributed by atoms with E-state index >= 15 is 0 Å². The van der Waals surface area contributed by atoms with Crippen LogP contribution in [-0.4, -0.2) is 42.0 Å². The summed E-state index contributed by atoms with van der Waals surface area (Å²) in [6.07, 6.45) is 10.8. The number of pyridine rings is 1. The molecule has 1 amide bonds. The molecule has 0 radical (unpaired) electrons. The second-order valence-corrected chi connectivity index (χ2v) is 8.64. The number of carbonyl (C=O) groups excluding carboxylic acids is 1. The lowest BCUT2D eigenvalue weighted by atomic mass is 9.72. The third-order valence-electron chi connectivity index (χ3n) is 6.38. The van der Waals surface area contributed by atoms with E-state index in [-0.39, 0.29) is 11.3 Å². The predicted octanol–water partition coefficient (Wildman–Crippen LogP) is 4.09. The van der Waals surface area contributed by atoms with Crippen molar-refractivity contribution in [3.8, 4) is 11.1 Å². The van der Waals surface area contributed by atoms with E-state index in [0.29, 0.717) is 6.54 Å². The molecular weight excluding hydrogens is 358 g/mol. The number of benzene rings is 1. The second kappa shape index (κ2) is 8.91. The fourth-order valence-electron chi connectivity index (χ4n) is 4.45. The van der Waals surface area contributed by atoms with Crippen LogP contribution in [0.4, 0.5) is 0 Å². The highest BCUT2D eigenvalue weighted by molar-refractivity contribution is 5.83. The van der Waals surface area contributed by atoms with Gasteiger partial charge in [-0.1, -0.05) is 36.4 Å². The highest BCUT2D eigenvalue weighted by atomic mass is 16.2. The van der Waals surface area contributed by atoms with Crippen molar-refractivity contribution in [1.29, 1.82) is 0 Å². The summed E-state index contributed by atoms with van der Waals surface area (Å²) < 4.78 is 0. The van der Waals surface area contributed by atoms with Crippen molar-refractivity contribution in [2.45, 2.75) is 32.1 Å². The van der Waals surface area contributed by atoms with Crippen molar-refractivity contribution in [2.24, 2.45) is 11.3 Å². The highest BCUT2D eigenvalue weighted by Crippen LogP contribution is 2.38. The lowest BCUT2D eigenvalue weighted by Gasteiger charge is -2.41. The number of nitrogens with zero attached hydrogens (tertiary/aromatic N) is 2. The topological polar surface area (TPSA) is 45.2 Å². The molecule has 2 fully saturated rings. The van der Waals surface area contributed by atoms with E-state index in [9.17, 15) is 4.79 Å². The standard InChI is InChI=1S/C25H31N3O/c1-2-12-27-24(29)25(10-14-28(15-11-25)19-20-8-9-20)17-21-5-3-6-22(16-21)23-7-4-13-26-18-23/h2-7,13,16,18,20H,1,8-12,14-15,17,19H2,(H,27,29). The molecule has 2 aromatic rings. The SMILES string of the molecule is C=CCNC(=O)C1(Cc2cccc(-c3cccnc3)c2)CCN(CC2CC2)CC1. The zero-order valence-electron chi connectivity index (χ0n) is 17.1. The van der Waals surface area contributed by atoms with Gasteiger partial charge in [-0.2, -0.15) is 0 Å². The molecule has 4 heteroatoms. The van der Waals surface area contributed by atoms with E-state index in [0.717, 1.165) is 49.4 Å². The van der Waals surface area contributed by atoms with Crippen LogP contribution in [0.5, 0.6) is 0 Å². The number of aromatic nitrogens is 1. The first kappa shape index (κ1) is 19.8. The van der Waals surface area contributed by atoms with E-state index in [4.69, 9.17) is 0 Å². The number of rotatable bonds is 8. The Morgan fingerprint density at radius 2 is 2.00 bits per heavy atom. The number of piperidine rings is 1. The molecule has 1 aliphatic carbocycles. The molecule has 1 aromatic carbocycles. The number of amides is 1. The molecule has 1 saturated carbocycles. The van der Waals surface area contributed by atoms with Gasteiger partial charge in [0.15, 0.2) is 0 Å². The number of likely N-dealkylation sites (tertiary alicyclic amines) is 1. The van der Waals surface area contributed by atoms with Crippen LogP contribution in [0.3, 0.4) is 0 Å². The van der Waals surface area contributed by atoms with E-state index < -0.39 is 0 Å². The third kappa shape index (κ3) is 4.94. The van der Waals surface area contributed by atoms with Crippen LogP contribution in [0.25, 0.3) is 11.1 Å². The third-order valence-corrected chi connectivity index (χ3v) is 6.38. The molecule has 1 aromatic heterocycles. The van der Waals surface area contributed by atoms with Gasteiger partial charge in [-0.3, -0.25) is 9.78 Å². The van der Waals surface area contributed by atoms with Gasteiger partial charge in [-0.25, -0.2) is 0 Å². The van der Waals surface area contributed by atoms with Gasteiger partial charge < -0.3 is 10.2 Å². The second-order valence-electron chi connectivity index (χ2n) is 8.64. The predicted molar refractivity (Wildman–Crippen MR) is 117 cm³/mol. The minimum Gasteiger partial charge on any atom is -0.352 e. The molecule has 152 valence electrons. The molecule has 29 heavy (non-hydrogen) atoms.